The van der Waals surface area contributed by atoms with Crippen LogP contribution in [-0.2, 0) is 9.05 Å². The van der Waals surface area contributed by atoms with Crippen molar-refractivity contribution in [2.45, 2.75) is 18.7 Å². The maximum absolute atomic E-state index is 11.6. The molecule has 0 spiro atoms. The van der Waals surface area contributed by atoms with Crippen LogP contribution < -0.4 is 4.74 Å². The molecule has 0 aliphatic carbocycles. The Morgan fingerprint density at radius 3 is 2.18 bits per heavy atom. The third-order valence-corrected chi connectivity index (χ3v) is 4.19. The lowest BCUT2D eigenvalue weighted by molar-refractivity contribution is -0.385. The summed E-state index contributed by atoms with van der Waals surface area (Å²) in [6.45, 7) is 3.71. The van der Waals surface area contributed by atoms with E-state index in [1.807, 2.05) is 19.9 Å². The third kappa shape index (κ3) is 3.75. The monoisotopic (exact) mass is 341 g/mol. The molecule has 2 rings (SSSR count). The highest BCUT2D eigenvalue weighted by atomic mass is 35.7. The number of aryl methyl sites for hydroxylation is 2. The molecule has 0 heterocycles. The Balaban J connectivity index is 2.56. The van der Waals surface area contributed by atoms with Crippen LogP contribution in [0.5, 0.6) is 11.5 Å². The van der Waals surface area contributed by atoms with E-state index >= 15 is 0 Å². The highest BCUT2D eigenvalue weighted by Crippen LogP contribution is 2.34. The second-order valence-electron chi connectivity index (χ2n) is 4.75. The van der Waals surface area contributed by atoms with Crippen LogP contribution in [0.3, 0.4) is 0 Å². The first kappa shape index (κ1) is 16.3. The van der Waals surface area contributed by atoms with Gasteiger partial charge in [-0.25, -0.2) is 8.42 Å². The van der Waals surface area contributed by atoms with Gasteiger partial charge in [0.15, 0.2) is 5.75 Å². The van der Waals surface area contributed by atoms with Gasteiger partial charge in [-0.15, -0.1) is 0 Å². The van der Waals surface area contributed by atoms with Crippen molar-refractivity contribution in [1.82, 2.24) is 0 Å². The van der Waals surface area contributed by atoms with E-state index < -0.39 is 14.0 Å². The van der Waals surface area contributed by atoms with Gasteiger partial charge in [0.25, 0.3) is 14.7 Å². The standard InChI is InChI=1S/C14H12ClNO5S/c1-9-5-10(2)7-12(6-9)21-13-8-11(16(17)18)3-4-14(13)22(15,19)20/h3-8H,1-2H3. The Labute approximate surface area is 131 Å². The van der Waals surface area contributed by atoms with E-state index in [1.165, 1.54) is 0 Å². The lowest BCUT2D eigenvalue weighted by atomic mass is 10.1. The van der Waals surface area contributed by atoms with Crippen molar-refractivity contribution in [3.8, 4) is 11.5 Å². The van der Waals surface area contributed by atoms with Crippen LogP contribution in [0.2, 0.25) is 0 Å². The maximum Gasteiger partial charge on any atom is 0.273 e. The minimum absolute atomic E-state index is 0.186. The van der Waals surface area contributed by atoms with Gasteiger partial charge in [0.05, 0.1) is 11.0 Å². The van der Waals surface area contributed by atoms with Crippen molar-refractivity contribution in [1.29, 1.82) is 0 Å². The molecule has 8 heteroatoms. The number of hydrogen-bond acceptors (Lipinski definition) is 5. The van der Waals surface area contributed by atoms with Crippen LogP contribution in [0.15, 0.2) is 41.3 Å². The summed E-state index contributed by atoms with van der Waals surface area (Å²) in [7, 11) is 1.26. The number of rotatable bonds is 4. The van der Waals surface area contributed by atoms with Gasteiger partial charge in [-0.1, -0.05) is 6.07 Å². The summed E-state index contributed by atoms with van der Waals surface area (Å²) < 4.78 is 28.7. The number of halogens is 1. The molecule has 2 aromatic rings. The molecule has 0 saturated heterocycles. The molecule has 0 fully saturated rings. The summed E-state index contributed by atoms with van der Waals surface area (Å²) in [6, 6.07) is 8.45. The molecule has 0 N–H and O–H groups in total. The molecular formula is C14H12ClNO5S. The molecule has 116 valence electrons. The van der Waals surface area contributed by atoms with Crippen molar-refractivity contribution in [2.75, 3.05) is 0 Å². The summed E-state index contributed by atoms with van der Waals surface area (Å²) >= 11 is 0. The van der Waals surface area contributed by atoms with Crippen molar-refractivity contribution >= 4 is 25.4 Å². The lowest BCUT2D eigenvalue weighted by Gasteiger charge is -2.10. The van der Waals surface area contributed by atoms with Crippen LogP contribution in [0, 0.1) is 24.0 Å². The van der Waals surface area contributed by atoms with E-state index in [2.05, 4.69) is 0 Å². The number of non-ortho nitro benzene ring substituents is 1. The van der Waals surface area contributed by atoms with Gasteiger partial charge in [0, 0.05) is 16.7 Å². The molecule has 0 unspecified atom stereocenters. The highest BCUT2D eigenvalue weighted by Gasteiger charge is 2.21. The molecule has 0 aromatic heterocycles. The Hall–Kier alpha value is -2.12. The van der Waals surface area contributed by atoms with Crippen molar-refractivity contribution in [3.05, 3.63) is 57.6 Å². The Kier molecular flexibility index (Phi) is 4.39. The molecule has 2 aromatic carbocycles. The minimum Gasteiger partial charge on any atom is -0.456 e. The second-order valence-corrected chi connectivity index (χ2v) is 7.29. The zero-order valence-electron chi connectivity index (χ0n) is 11.7. The fourth-order valence-corrected chi connectivity index (χ4v) is 2.96. The molecule has 0 atom stereocenters. The number of nitro benzene ring substituents is 1. The van der Waals surface area contributed by atoms with Gasteiger partial charge in [-0.2, -0.15) is 0 Å². The molecule has 6 nitrogen and oxygen atoms in total. The summed E-state index contributed by atoms with van der Waals surface area (Å²) in [5.74, 6) is 0.189. The first-order valence-electron chi connectivity index (χ1n) is 6.16. The van der Waals surface area contributed by atoms with Crippen molar-refractivity contribution in [3.63, 3.8) is 0 Å². The summed E-state index contributed by atoms with van der Waals surface area (Å²) in [5.41, 5.74) is 1.54. The Morgan fingerprint density at radius 2 is 1.68 bits per heavy atom. The average Bonchev–Trinajstić information content (AvgIpc) is 2.35. The molecule has 0 radical (unpaired) electrons. The molecule has 0 amide bonds. The first-order chi connectivity index (χ1) is 10.2. The molecule has 22 heavy (non-hydrogen) atoms. The minimum atomic E-state index is -4.09. The number of nitrogens with zero attached hydrogens (tertiary/aromatic N) is 1. The summed E-state index contributed by atoms with van der Waals surface area (Å²) in [4.78, 5) is 9.88. The van der Waals surface area contributed by atoms with Gasteiger partial charge in [0.1, 0.15) is 10.6 Å². The number of benzene rings is 2. The van der Waals surface area contributed by atoms with Gasteiger partial charge in [-0.05, 0) is 43.2 Å². The van der Waals surface area contributed by atoms with Crippen LogP contribution in [0.4, 0.5) is 5.69 Å². The van der Waals surface area contributed by atoms with Gasteiger partial charge >= 0.3 is 0 Å². The largest absolute Gasteiger partial charge is 0.456 e. The van der Waals surface area contributed by atoms with E-state index in [1.54, 1.807) is 12.1 Å². The maximum atomic E-state index is 11.6. The molecule has 0 aliphatic rings. The van der Waals surface area contributed by atoms with Crippen LogP contribution in [-0.4, -0.2) is 13.3 Å². The van der Waals surface area contributed by atoms with E-state index in [0.29, 0.717) is 5.75 Å². The summed E-state index contributed by atoms with van der Waals surface area (Å²) in [5, 5.41) is 10.8. The lowest BCUT2D eigenvalue weighted by Crippen LogP contribution is -1.98. The fraction of sp³-hybridized carbons (Fsp3) is 0.143. The van der Waals surface area contributed by atoms with E-state index in [0.717, 1.165) is 29.3 Å². The van der Waals surface area contributed by atoms with Crippen molar-refractivity contribution in [2.24, 2.45) is 0 Å². The molecular weight excluding hydrogens is 330 g/mol. The third-order valence-electron chi connectivity index (χ3n) is 2.82. The SMILES string of the molecule is Cc1cc(C)cc(Oc2cc([N+](=O)[O-])ccc2S(=O)(=O)Cl)c1. The Bertz CT molecular complexity index is 828. The quantitative estimate of drug-likeness (QED) is 0.477. The van der Waals surface area contributed by atoms with Crippen LogP contribution in [0.1, 0.15) is 11.1 Å². The van der Waals surface area contributed by atoms with Crippen molar-refractivity contribution < 1.29 is 18.1 Å². The Morgan fingerprint density at radius 1 is 1.09 bits per heavy atom. The van der Waals surface area contributed by atoms with E-state index in [-0.39, 0.29) is 16.3 Å². The highest BCUT2D eigenvalue weighted by molar-refractivity contribution is 8.13. The van der Waals surface area contributed by atoms with Gasteiger partial charge < -0.3 is 4.74 Å². The second kappa shape index (κ2) is 5.94. The van der Waals surface area contributed by atoms with Gasteiger partial charge in [-0.3, -0.25) is 10.1 Å². The number of hydrogen-bond donors (Lipinski definition) is 0. The van der Waals surface area contributed by atoms with Crippen LogP contribution >= 0.6 is 10.7 Å². The first-order valence-corrected chi connectivity index (χ1v) is 8.47. The predicted octanol–water partition coefficient (Wildman–Crippen LogP) is 3.93. The average molecular weight is 342 g/mol. The molecule has 0 saturated carbocycles. The van der Waals surface area contributed by atoms with Gasteiger partial charge in [0.2, 0.25) is 0 Å². The smallest absolute Gasteiger partial charge is 0.273 e. The number of ether oxygens (including phenoxy) is 1. The van der Waals surface area contributed by atoms with E-state index in [4.69, 9.17) is 15.4 Å². The molecule has 0 aliphatic heterocycles. The number of nitro groups is 1. The van der Waals surface area contributed by atoms with E-state index in [9.17, 15) is 18.5 Å². The topological polar surface area (TPSA) is 86.5 Å². The summed E-state index contributed by atoms with van der Waals surface area (Å²) in [6.07, 6.45) is 0. The zero-order chi connectivity index (χ0) is 16.5. The predicted molar refractivity (Wildman–Crippen MR) is 82.1 cm³/mol. The zero-order valence-corrected chi connectivity index (χ0v) is 13.3. The normalized spacial score (nSPS) is 11.2. The van der Waals surface area contributed by atoms with Crippen LogP contribution in [0.25, 0.3) is 0 Å². The fourth-order valence-electron chi connectivity index (χ4n) is 2.01. The molecule has 0 bridgehead atoms.